The van der Waals surface area contributed by atoms with Crippen molar-refractivity contribution in [3.63, 3.8) is 0 Å². The lowest BCUT2D eigenvalue weighted by Gasteiger charge is -2.09. The van der Waals surface area contributed by atoms with E-state index in [1.165, 1.54) is 5.57 Å². The zero-order valence-electron chi connectivity index (χ0n) is 23.2. The van der Waals surface area contributed by atoms with E-state index in [0.29, 0.717) is 11.9 Å². The number of thioether (sulfide) groups is 2. The van der Waals surface area contributed by atoms with Crippen LogP contribution in [-0.2, 0) is 10.5 Å². The summed E-state index contributed by atoms with van der Waals surface area (Å²) in [5, 5.41) is 6.79. The first-order valence-electron chi connectivity index (χ1n) is 12.9. The third-order valence-corrected chi connectivity index (χ3v) is 7.63. The van der Waals surface area contributed by atoms with Gasteiger partial charge in [0, 0.05) is 46.5 Å². The quantitative estimate of drug-likeness (QED) is 0.158. The Morgan fingerprint density at radius 2 is 1.97 bits per heavy atom. The van der Waals surface area contributed by atoms with Crippen molar-refractivity contribution >= 4 is 35.6 Å². The zero-order valence-corrected chi connectivity index (χ0v) is 24.9. The Morgan fingerprint density at radius 1 is 1.22 bits per heavy atom. The van der Waals surface area contributed by atoms with Crippen LogP contribution in [0.25, 0.3) is 0 Å². The number of aromatic nitrogens is 1. The Kier molecular flexibility index (Phi) is 16.2. The molecule has 1 saturated heterocycles. The lowest BCUT2D eigenvalue weighted by atomic mass is 10.0. The maximum Gasteiger partial charge on any atom is 0.199 e. The van der Waals surface area contributed by atoms with Crippen LogP contribution in [0.3, 0.4) is 0 Å². The third kappa shape index (κ3) is 11.3. The van der Waals surface area contributed by atoms with Gasteiger partial charge in [0.1, 0.15) is 5.76 Å². The molecule has 36 heavy (non-hydrogen) atoms. The van der Waals surface area contributed by atoms with E-state index >= 15 is 0 Å². The van der Waals surface area contributed by atoms with Crippen LogP contribution in [0.2, 0.25) is 0 Å². The van der Waals surface area contributed by atoms with E-state index in [-0.39, 0.29) is 0 Å². The molecule has 1 aromatic heterocycles. The Balaban J connectivity index is 0.000000363. The second-order valence-corrected chi connectivity index (χ2v) is 10.6. The largest absolute Gasteiger partial charge is 0.495 e. The smallest absolute Gasteiger partial charge is 0.199 e. The Labute approximate surface area is 227 Å². The topological polar surface area (TPSA) is 99.7 Å². The van der Waals surface area contributed by atoms with Gasteiger partial charge in [-0.3, -0.25) is 4.99 Å². The number of hydrogen-bond acceptors (Lipinski definition) is 8. The van der Waals surface area contributed by atoms with Crippen molar-refractivity contribution in [3.8, 4) is 0 Å². The average molecular weight is 535 g/mol. The van der Waals surface area contributed by atoms with Crippen molar-refractivity contribution in [1.29, 1.82) is 0 Å². The molecule has 1 aliphatic rings. The molecule has 0 spiro atoms. The highest BCUT2D eigenvalue weighted by Crippen LogP contribution is 2.32. The molecular formula is C28H46N4O2S2. The van der Waals surface area contributed by atoms with Crippen LogP contribution in [0.15, 0.2) is 60.5 Å². The van der Waals surface area contributed by atoms with Crippen molar-refractivity contribution in [2.75, 3.05) is 11.5 Å². The van der Waals surface area contributed by atoms with Crippen LogP contribution in [0.1, 0.15) is 92.6 Å². The minimum absolute atomic E-state index is 0.350. The first-order chi connectivity index (χ1) is 17.3. The molecule has 202 valence electrons. The summed E-state index contributed by atoms with van der Waals surface area (Å²) in [5.74, 6) is 3.39. The molecule has 0 radical (unpaired) electrons. The Hall–Kier alpha value is -2.06. The van der Waals surface area contributed by atoms with Gasteiger partial charge < -0.3 is 20.7 Å². The van der Waals surface area contributed by atoms with Crippen molar-refractivity contribution < 1.29 is 9.26 Å². The molecule has 0 aromatic carbocycles. The second kappa shape index (κ2) is 18.2. The molecule has 0 bridgehead atoms. The normalized spacial score (nSPS) is 18.3. The highest BCUT2D eigenvalue weighted by atomic mass is 32.2. The molecule has 1 aliphatic heterocycles. The Morgan fingerprint density at radius 3 is 2.56 bits per heavy atom. The molecule has 0 amide bonds. The fraction of sp³-hybridized carbons (Fsp3) is 0.571. The van der Waals surface area contributed by atoms with Gasteiger partial charge in [-0.15, -0.1) is 11.8 Å². The van der Waals surface area contributed by atoms with Crippen LogP contribution in [0.5, 0.6) is 0 Å². The van der Waals surface area contributed by atoms with Crippen LogP contribution in [0, 0.1) is 0 Å². The van der Waals surface area contributed by atoms with E-state index in [1.54, 1.807) is 29.7 Å². The molecule has 4 N–H and O–H groups in total. The van der Waals surface area contributed by atoms with Gasteiger partial charge in [0.05, 0.1) is 11.7 Å². The number of rotatable bonds is 12. The summed E-state index contributed by atoms with van der Waals surface area (Å²) < 4.78 is 10.9. The standard InChI is InChI=1S/C15H26N2.C13H20N2O2S2/c1-6-9-10-11-14(13(5)17-8-3)15(16)12(4)7-2;1-3-6-19-13-11(12(14)15-17-13)8-18-7-10-5-4-9(2)16-10/h8,10-11H,6-7,9,16H2,1-5H3;7,9H,3-6,8H2,1-2H3,(H2,14,15)/b11-10-,14-13-,15-12-,17-8?;10-7-. The van der Waals surface area contributed by atoms with Gasteiger partial charge in [0.15, 0.2) is 10.9 Å². The van der Waals surface area contributed by atoms with Gasteiger partial charge in [0.25, 0.3) is 0 Å². The molecule has 2 rings (SSSR count). The summed E-state index contributed by atoms with van der Waals surface area (Å²) >= 11 is 3.37. The average Bonchev–Trinajstić information content (AvgIpc) is 3.44. The lowest BCUT2D eigenvalue weighted by molar-refractivity contribution is 0.178. The number of hydrogen-bond donors (Lipinski definition) is 2. The molecule has 0 aliphatic carbocycles. The molecule has 1 aromatic rings. The van der Waals surface area contributed by atoms with Crippen molar-refractivity contribution in [2.45, 2.75) is 104 Å². The summed E-state index contributed by atoms with van der Waals surface area (Å²) in [7, 11) is 0. The molecule has 1 unspecified atom stereocenters. The first kappa shape index (κ1) is 32.0. The van der Waals surface area contributed by atoms with Gasteiger partial charge in [-0.1, -0.05) is 56.3 Å². The van der Waals surface area contributed by atoms with Crippen molar-refractivity contribution in [2.24, 2.45) is 10.7 Å². The summed E-state index contributed by atoms with van der Waals surface area (Å²) in [6.45, 7) is 14.5. The van der Waals surface area contributed by atoms with E-state index in [2.05, 4.69) is 62.3 Å². The van der Waals surface area contributed by atoms with Gasteiger partial charge in [0.2, 0.25) is 0 Å². The maximum atomic E-state index is 6.18. The summed E-state index contributed by atoms with van der Waals surface area (Å²) in [6.07, 6.45) is 12.9. The predicted molar refractivity (Wildman–Crippen MR) is 159 cm³/mol. The summed E-state index contributed by atoms with van der Waals surface area (Å²) in [5.41, 5.74) is 17.1. The van der Waals surface area contributed by atoms with E-state index in [9.17, 15) is 0 Å². The monoisotopic (exact) mass is 534 g/mol. The molecule has 0 saturated carbocycles. The maximum absolute atomic E-state index is 6.18. The van der Waals surface area contributed by atoms with Crippen molar-refractivity contribution in [3.05, 3.63) is 51.4 Å². The molecule has 8 heteroatoms. The fourth-order valence-electron chi connectivity index (χ4n) is 3.23. The number of aliphatic imine (C=N–C) groups is 1. The third-order valence-electron chi connectivity index (χ3n) is 5.54. The van der Waals surface area contributed by atoms with Crippen LogP contribution in [0.4, 0.5) is 5.82 Å². The van der Waals surface area contributed by atoms with E-state index < -0.39 is 0 Å². The first-order valence-corrected chi connectivity index (χ1v) is 15.0. The predicted octanol–water partition coefficient (Wildman–Crippen LogP) is 8.38. The highest BCUT2D eigenvalue weighted by molar-refractivity contribution is 8.01. The van der Waals surface area contributed by atoms with Gasteiger partial charge in [-0.05, 0) is 59.0 Å². The van der Waals surface area contributed by atoms with Gasteiger partial charge in [-0.2, -0.15) is 0 Å². The number of nitrogens with two attached hydrogens (primary N) is 2. The molecule has 2 heterocycles. The minimum Gasteiger partial charge on any atom is -0.495 e. The second-order valence-electron chi connectivity index (χ2n) is 8.67. The zero-order chi connectivity index (χ0) is 26.9. The van der Waals surface area contributed by atoms with E-state index in [0.717, 1.165) is 83.4 Å². The van der Waals surface area contributed by atoms with E-state index in [1.807, 2.05) is 13.8 Å². The number of nitrogens with zero attached hydrogens (tertiary/aromatic N) is 2. The van der Waals surface area contributed by atoms with Gasteiger partial charge >= 0.3 is 0 Å². The van der Waals surface area contributed by atoms with Crippen LogP contribution in [-0.4, -0.2) is 23.2 Å². The molecule has 1 atom stereocenters. The van der Waals surface area contributed by atoms with Crippen molar-refractivity contribution in [1.82, 2.24) is 5.16 Å². The van der Waals surface area contributed by atoms with E-state index in [4.69, 9.17) is 20.7 Å². The Bertz CT molecular complexity index is 945. The molecule has 6 nitrogen and oxygen atoms in total. The fourth-order valence-corrected chi connectivity index (χ4v) is 5.04. The SMILES string of the molecule is CC=N/C(C)=C(/C=C\CCC)C(\N)=C(/C)CC.CCCSc1onc(N)c1CS/C=C1/CCC(C)O1. The number of unbranched alkanes of at least 4 members (excludes halogenated alkanes) is 1. The van der Waals surface area contributed by atoms with Crippen LogP contribution >= 0.6 is 23.5 Å². The lowest BCUT2D eigenvalue weighted by Crippen LogP contribution is -2.04. The summed E-state index contributed by atoms with van der Waals surface area (Å²) in [6, 6.07) is 0. The minimum atomic E-state index is 0.350. The molecule has 1 fully saturated rings. The van der Waals surface area contributed by atoms with Gasteiger partial charge in [-0.25, -0.2) is 0 Å². The summed E-state index contributed by atoms with van der Waals surface area (Å²) in [4.78, 5) is 4.33. The number of nitrogen functional groups attached to an aromatic ring is 1. The number of anilines is 1. The molecular weight excluding hydrogens is 488 g/mol. The number of ether oxygens (including phenoxy) is 1. The number of allylic oxidation sites excluding steroid dienone is 5. The highest BCUT2D eigenvalue weighted by Gasteiger charge is 2.17. The van der Waals surface area contributed by atoms with Crippen LogP contribution < -0.4 is 11.5 Å².